The van der Waals surface area contributed by atoms with Crippen molar-refractivity contribution < 1.29 is 13.9 Å². The van der Waals surface area contributed by atoms with Crippen molar-refractivity contribution in [2.75, 3.05) is 11.9 Å². The van der Waals surface area contributed by atoms with Crippen LogP contribution in [0.2, 0.25) is 5.02 Å². The van der Waals surface area contributed by atoms with Gasteiger partial charge >= 0.3 is 0 Å². The Morgan fingerprint density at radius 2 is 2.03 bits per heavy atom. The number of carbonyl (C=O) groups is 1. The van der Waals surface area contributed by atoms with E-state index in [9.17, 15) is 9.18 Å². The molecule has 30 heavy (non-hydrogen) atoms. The number of hydrogen-bond donors (Lipinski definition) is 1. The Kier molecular flexibility index (Phi) is 5.39. The van der Waals surface area contributed by atoms with E-state index in [1.807, 2.05) is 6.92 Å². The quantitative estimate of drug-likeness (QED) is 0.637. The van der Waals surface area contributed by atoms with E-state index in [1.165, 1.54) is 12.3 Å². The molecule has 1 aromatic carbocycles. The van der Waals surface area contributed by atoms with Crippen LogP contribution in [0.4, 0.5) is 10.2 Å². The van der Waals surface area contributed by atoms with Crippen LogP contribution in [0.25, 0.3) is 0 Å². The maximum absolute atomic E-state index is 14.7. The molecule has 1 aliphatic carbocycles. The predicted molar refractivity (Wildman–Crippen MR) is 111 cm³/mol. The molecule has 2 unspecified atom stereocenters. The van der Waals surface area contributed by atoms with Gasteiger partial charge in [0, 0.05) is 11.6 Å². The lowest BCUT2D eigenvalue weighted by molar-refractivity contribution is -0.117. The van der Waals surface area contributed by atoms with Crippen molar-refractivity contribution in [2.45, 2.75) is 25.7 Å². The molecule has 2 aromatic heterocycles. The lowest BCUT2D eigenvalue weighted by Gasteiger charge is -2.20. The molecule has 1 fully saturated rings. The number of hydrogen-bond acceptors (Lipinski definition) is 5. The zero-order valence-electron chi connectivity index (χ0n) is 16.5. The molecule has 1 N–H and O–H groups in total. The summed E-state index contributed by atoms with van der Waals surface area (Å²) in [5.41, 5.74) is 0.372. The van der Waals surface area contributed by atoms with Gasteiger partial charge in [-0.2, -0.15) is 0 Å². The van der Waals surface area contributed by atoms with Crippen molar-refractivity contribution in [2.24, 2.45) is 5.92 Å². The summed E-state index contributed by atoms with van der Waals surface area (Å²) in [6, 6.07) is 9.74. The Morgan fingerprint density at radius 1 is 1.23 bits per heavy atom. The van der Waals surface area contributed by atoms with Gasteiger partial charge in [0.15, 0.2) is 5.75 Å². The number of ether oxygens (including phenoxy) is 1. The maximum Gasteiger partial charge on any atom is 0.229 e. The average molecular weight is 427 g/mol. The van der Waals surface area contributed by atoms with Crippen molar-refractivity contribution in [3.8, 4) is 5.75 Å². The Morgan fingerprint density at radius 3 is 2.73 bits per heavy atom. The lowest BCUT2D eigenvalue weighted by atomic mass is 9.93. The zero-order valence-corrected chi connectivity index (χ0v) is 17.3. The van der Waals surface area contributed by atoms with Crippen LogP contribution in [0, 0.1) is 25.6 Å². The Balaban J connectivity index is 1.57. The standard InChI is InChI=1S/C22H20ClFN4O2/c1-13-19(11-25-14(2)27-13)30-12-22(16-5-3-4-6-18(16)24)9-17(22)21(29)28-20-8-7-15(23)10-26-20/h3-8,10-11,17H,9,12H2,1-2H3,(H,26,28,29). The number of halogens is 2. The molecule has 2 heterocycles. The van der Waals surface area contributed by atoms with Crippen LogP contribution >= 0.6 is 11.6 Å². The Hall–Kier alpha value is -3.06. The minimum absolute atomic E-state index is 0.132. The molecule has 0 spiro atoms. The average Bonchev–Trinajstić information content (AvgIpc) is 3.45. The molecular formula is C22H20ClFN4O2. The summed E-state index contributed by atoms with van der Waals surface area (Å²) in [4.78, 5) is 25.4. The molecular weight excluding hydrogens is 407 g/mol. The monoisotopic (exact) mass is 426 g/mol. The van der Waals surface area contributed by atoms with Gasteiger partial charge < -0.3 is 10.1 Å². The van der Waals surface area contributed by atoms with E-state index in [0.717, 1.165) is 0 Å². The fourth-order valence-electron chi connectivity index (χ4n) is 3.63. The SMILES string of the molecule is Cc1ncc(OCC2(c3ccccc3F)CC2C(=O)Nc2ccc(Cl)cn2)c(C)n1. The van der Waals surface area contributed by atoms with Gasteiger partial charge in [0.25, 0.3) is 0 Å². The number of nitrogens with zero attached hydrogens (tertiary/aromatic N) is 3. The van der Waals surface area contributed by atoms with Crippen LogP contribution in [0.1, 0.15) is 23.5 Å². The van der Waals surface area contributed by atoms with Gasteiger partial charge in [0.05, 0.1) is 29.4 Å². The predicted octanol–water partition coefficient (Wildman–Crippen LogP) is 4.26. The van der Waals surface area contributed by atoms with Gasteiger partial charge in [0.2, 0.25) is 5.91 Å². The molecule has 0 bridgehead atoms. The van der Waals surface area contributed by atoms with Crippen LogP contribution in [0.15, 0.2) is 48.8 Å². The minimum Gasteiger partial charge on any atom is -0.489 e. The first-order valence-electron chi connectivity index (χ1n) is 9.49. The van der Waals surface area contributed by atoms with E-state index < -0.39 is 11.3 Å². The van der Waals surface area contributed by atoms with Crippen molar-refractivity contribution in [1.82, 2.24) is 15.0 Å². The van der Waals surface area contributed by atoms with Crippen molar-refractivity contribution >= 4 is 23.3 Å². The van der Waals surface area contributed by atoms with Crippen molar-refractivity contribution in [1.29, 1.82) is 0 Å². The molecule has 3 aromatic rings. The van der Waals surface area contributed by atoms with Crippen LogP contribution in [-0.4, -0.2) is 27.5 Å². The number of aromatic nitrogens is 3. The van der Waals surface area contributed by atoms with Crippen LogP contribution in [-0.2, 0) is 10.2 Å². The van der Waals surface area contributed by atoms with Crippen LogP contribution in [0.3, 0.4) is 0 Å². The summed E-state index contributed by atoms with van der Waals surface area (Å²) in [7, 11) is 0. The third kappa shape index (κ3) is 3.98. The van der Waals surface area contributed by atoms with Crippen molar-refractivity contribution in [3.05, 3.63) is 76.7 Å². The molecule has 6 nitrogen and oxygen atoms in total. The van der Waals surface area contributed by atoms with Gasteiger partial charge in [-0.05, 0) is 44.0 Å². The highest BCUT2D eigenvalue weighted by atomic mass is 35.5. The maximum atomic E-state index is 14.7. The third-order valence-electron chi connectivity index (χ3n) is 5.32. The second-order valence-corrected chi connectivity index (χ2v) is 7.84. The molecule has 1 saturated carbocycles. The van der Waals surface area contributed by atoms with Gasteiger partial charge in [-0.3, -0.25) is 4.79 Å². The fraction of sp³-hybridized carbons (Fsp3) is 0.273. The number of benzene rings is 1. The van der Waals surface area contributed by atoms with E-state index in [-0.39, 0.29) is 18.3 Å². The van der Waals surface area contributed by atoms with Gasteiger partial charge in [-0.1, -0.05) is 29.8 Å². The van der Waals surface area contributed by atoms with E-state index >= 15 is 0 Å². The number of anilines is 1. The molecule has 1 aliphatic rings. The molecule has 154 valence electrons. The fourth-order valence-corrected chi connectivity index (χ4v) is 3.74. The van der Waals surface area contributed by atoms with Crippen LogP contribution in [0.5, 0.6) is 5.75 Å². The molecule has 0 saturated heterocycles. The summed E-state index contributed by atoms with van der Waals surface area (Å²) in [5.74, 6) is 0.483. The number of nitrogens with one attached hydrogen (secondary N) is 1. The number of rotatable bonds is 6. The van der Waals surface area contributed by atoms with Crippen molar-refractivity contribution in [3.63, 3.8) is 0 Å². The highest BCUT2D eigenvalue weighted by molar-refractivity contribution is 6.30. The highest BCUT2D eigenvalue weighted by Crippen LogP contribution is 2.55. The van der Waals surface area contributed by atoms with E-state index in [1.54, 1.807) is 43.5 Å². The zero-order chi connectivity index (χ0) is 21.3. The largest absolute Gasteiger partial charge is 0.489 e. The van der Waals surface area contributed by atoms with Crippen LogP contribution < -0.4 is 10.1 Å². The topological polar surface area (TPSA) is 77.0 Å². The summed E-state index contributed by atoms with van der Waals surface area (Å²) in [6.07, 6.45) is 3.51. The first kappa shape index (κ1) is 20.2. The first-order chi connectivity index (χ1) is 14.4. The molecule has 4 rings (SSSR count). The molecule has 1 amide bonds. The third-order valence-corrected chi connectivity index (χ3v) is 5.54. The second kappa shape index (κ2) is 7.99. The second-order valence-electron chi connectivity index (χ2n) is 7.40. The number of carbonyl (C=O) groups excluding carboxylic acids is 1. The Bertz CT molecular complexity index is 1090. The van der Waals surface area contributed by atoms with Gasteiger partial charge in [-0.15, -0.1) is 0 Å². The first-order valence-corrected chi connectivity index (χ1v) is 9.87. The smallest absolute Gasteiger partial charge is 0.229 e. The minimum atomic E-state index is -0.779. The molecule has 2 atom stereocenters. The summed E-state index contributed by atoms with van der Waals surface area (Å²) in [5, 5.41) is 3.26. The lowest BCUT2D eigenvalue weighted by Crippen LogP contribution is -2.27. The van der Waals surface area contributed by atoms with E-state index in [4.69, 9.17) is 16.3 Å². The number of pyridine rings is 1. The normalized spacial score (nSPS) is 19.9. The summed E-state index contributed by atoms with van der Waals surface area (Å²) in [6.45, 7) is 3.75. The molecule has 8 heteroatoms. The van der Waals surface area contributed by atoms with E-state index in [0.29, 0.717) is 40.1 Å². The Labute approximate surface area is 178 Å². The van der Waals surface area contributed by atoms with Gasteiger partial charge in [0.1, 0.15) is 17.5 Å². The summed E-state index contributed by atoms with van der Waals surface area (Å²) >= 11 is 5.84. The highest BCUT2D eigenvalue weighted by Gasteiger charge is 2.61. The van der Waals surface area contributed by atoms with E-state index in [2.05, 4.69) is 20.3 Å². The molecule has 0 radical (unpaired) electrons. The number of aryl methyl sites for hydroxylation is 2. The number of amides is 1. The summed E-state index contributed by atoms with van der Waals surface area (Å²) < 4.78 is 20.6. The van der Waals surface area contributed by atoms with Gasteiger partial charge in [-0.25, -0.2) is 19.3 Å². The molecule has 0 aliphatic heterocycles.